The summed E-state index contributed by atoms with van der Waals surface area (Å²) < 4.78 is 27.0. The molecule has 0 aliphatic rings. The van der Waals surface area contributed by atoms with Gasteiger partial charge in [-0.1, -0.05) is 0 Å². The third-order valence-corrected chi connectivity index (χ3v) is 4.77. The number of hydrogen-bond acceptors (Lipinski definition) is 7. The molecule has 33 heavy (non-hydrogen) atoms. The Hall–Kier alpha value is -3.62. The van der Waals surface area contributed by atoms with Gasteiger partial charge in [0.1, 0.15) is 0 Å². The van der Waals surface area contributed by atoms with Gasteiger partial charge in [-0.25, -0.2) is 0 Å². The molecule has 2 amide bonds. The van der Waals surface area contributed by atoms with Crippen molar-refractivity contribution in [1.29, 1.82) is 0 Å². The third kappa shape index (κ3) is 6.68. The fourth-order valence-corrected chi connectivity index (χ4v) is 3.15. The van der Waals surface area contributed by atoms with Crippen LogP contribution in [0.25, 0.3) is 0 Å². The van der Waals surface area contributed by atoms with Gasteiger partial charge in [-0.15, -0.1) is 0 Å². The van der Waals surface area contributed by atoms with Gasteiger partial charge >= 0.3 is 0 Å². The number of carbonyl (C=O) groups excluding carboxylic acids is 2. The molecule has 0 saturated carbocycles. The number of benzene rings is 2. The quantitative estimate of drug-likeness (QED) is 0.531. The summed E-state index contributed by atoms with van der Waals surface area (Å²) in [6, 6.07) is 8.00. The van der Waals surface area contributed by atoms with Gasteiger partial charge in [0, 0.05) is 11.6 Å². The van der Waals surface area contributed by atoms with E-state index in [-0.39, 0.29) is 30.5 Å². The fourth-order valence-electron chi connectivity index (χ4n) is 3.15. The molecule has 0 radical (unpaired) electrons. The van der Waals surface area contributed by atoms with E-state index in [4.69, 9.17) is 23.7 Å². The van der Waals surface area contributed by atoms with Gasteiger partial charge in [-0.2, -0.15) is 0 Å². The molecular formula is C24H32N2O7. The maximum absolute atomic E-state index is 12.9. The first kappa shape index (κ1) is 25.6. The van der Waals surface area contributed by atoms with Gasteiger partial charge in [0.05, 0.1) is 34.5 Å². The zero-order valence-electron chi connectivity index (χ0n) is 20.1. The van der Waals surface area contributed by atoms with E-state index in [0.717, 1.165) is 5.56 Å². The molecule has 2 aromatic rings. The topological polar surface area (TPSA) is 104 Å². The molecule has 0 aliphatic heterocycles. The summed E-state index contributed by atoms with van der Waals surface area (Å²) in [7, 11) is 6.07. The van der Waals surface area contributed by atoms with E-state index in [0.29, 0.717) is 34.3 Å². The number of nitrogens with one attached hydrogen (secondary N) is 2. The second-order valence-corrected chi connectivity index (χ2v) is 7.53. The minimum absolute atomic E-state index is 0.0155. The summed E-state index contributed by atoms with van der Waals surface area (Å²) >= 11 is 0. The van der Waals surface area contributed by atoms with Crippen LogP contribution in [0.3, 0.4) is 0 Å². The van der Waals surface area contributed by atoms with Gasteiger partial charge in [-0.05, 0) is 56.7 Å². The number of methoxy groups -OCH3 is 4. The lowest BCUT2D eigenvalue weighted by Crippen LogP contribution is -2.34. The van der Waals surface area contributed by atoms with Crippen LogP contribution in [0.2, 0.25) is 0 Å². The van der Waals surface area contributed by atoms with Gasteiger partial charge in [0.25, 0.3) is 11.8 Å². The van der Waals surface area contributed by atoms with Gasteiger partial charge in [0.15, 0.2) is 29.6 Å². The lowest BCUT2D eigenvalue weighted by molar-refractivity contribution is -0.123. The molecular weight excluding hydrogens is 428 g/mol. The zero-order chi connectivity index (χ0) is 24.5. The molecule has 9 heteroatoms. The minimum Gasteiger partial charge on any atom is -0.493 e. The van der Waals surface area contributed by atoms with Crippen LogP contribution in [-0.4, -0.2) is 52.9 Å². The standard InChI is InChI=1S/C24H32N2O7/c1-14(2)25-22(27)13-33-18-9-8-16(10-19(18)29-4)24(28)26-15(3)17-11-20(30-5)23(32-7)21(12-17)31-6/h8-12,14-15H,13H2,1-7H3,(H,25,27)(H,26,28). The minimum atomic E-state index is -0.354. The molecule has 0 aromatic heterocycles. The molecule has 0 spiro atoms. The summed E-state index contributed by atoms with van der Waals surface area (Å²) in [6.07, 6.45) is 0. The largest absolute Gasteiger partial charge is 0.493 e. The van der Waals surface area contributed by atoms with E-state index in [1.54, 1.807) is 30.3 Å². The lowest BCUT2D eigenvalue weighted by atomic mass is 10.1. The first-order valence-electron chi connectivity index (χ1n) is 10.4. The van der Waals surface area contributed by atoms with Gasteiger partial charge in [-0.3, -0.25) is 9.59 Å². The van der Waals surface area contributed by atoms with E-state index < -0.39 is 0 Å². The number of rotatable bonds is 11. The first-order chi connectivity index (χ1) is 15.7. The highest BCUT2D eigenvalue weighted by Crippen LogP contribution is 2.39. The summed E-state index contributed by atoms with van der Waals surface area (Å²) in [4.78, 5) is 24.7. The molecule has 2 aromatic carbocycles. The van der Waals surface area contributed by atoms with Gasteiger partial charge in [0.2, 0.25) is 5.75 Å². The molecule has 0 aliphatic carbocycles. The SMILES string of the molecule is COc1cc(C(=O)NC(C)c2cc(OC)c(OC)c(OC)c2)ccc1OCC(=O)NC(C)C. The Labute approximate surface area is 194 Å². The highest BCUT2D eigenvalue weighted by molar-refractivity contribution is 5.95. The third-order valence-electron chi connectivity index (χ3n) is 4.77. The van der Waals surface area contributed by atoms with Crippen molar-refractivity contribution in [2.24, 2.45) is 0 Å². The highest BCUT2D eigenvalue weighted by atomic mass is 16.5. The second kappa shape index (κ2) is 11.8. The first-order valence-corrected chi connectivity index (χ1v) is 10.4. The van der Waals surface area contributed by atoms with Gasteiger partial charge < -0.3 is 34.3 Å². The van der Waals surface area contributed by atoms with Crippen LogP contribution in [0.5, 0.6) is 28.7 Å². The molecule has 180 valence electrons. The predicted octanol–water partition coefficient (Wildman–Crippen LogP) is 3.12. The van der Waals surface area contributed by atoms with E-state index in [1.165, 1.54) is 28.4 Å². The Bertz CT molecular complexity index is 950. The van der Waals surface area contributed by atoms with Crippen LogP contribution in [0.4, 0.5) is 0 Å². The van der Waals surface area contributed by atoms with Crippen LogP contribution < -0.4 is 34.3 Å². The fraction of sp³-hybridized carbons (Fsp3) is 0.417. The monoisotopic (exact) mass is 460 g/mol. The maximum Gasteiger partial charge on any atom is 0.258 e. The van der Waals surface area contributed by atoms with E-state index in [9.17, 15) is 9.59 Å². The van der Waals surface area contributed by atoms with E-state index >= 15 is 0 Å². The van der Waals surface area contributed by atoms with Crippen molar-refractivity contribution < 1.29 is 33.3 Å². The Morgan fingerprint density at radius 1 is 0.788 bits per heavy atom. The number of ether oxygens (including phenoxy) is 5. The predicted molar refractivity (Wildman–Crippen MR) is 124 cm³/mol. The Morgan fingerprint density at radius 2 is 1.39 bits per heavy atom. The molecule has 0 fully saturated rings. The molecule has 2 rings (SSSR count). The average Bonchev–Trinajstić information content (AvgIpc) is 2.80. The van der Waals surface area contributed by atoms with Crippen molar-refractivity contribution in [3.63, 3.8) is 0 Å². The summed E-state index contributed by atoms with van der Waals surface area (Å²) in [5.74, 6) is 1.64. The maximum atomic E-state index is 12.9. The second-order valence-electron chi connectivity index (χ2n) is 7.53. The Balaban J connectivity index is 2.15. The molecule has 1 unspecified atom stereocenters. The molecule has 2 N–H and O–H groups in total. The zero-order valence-corrected chi connectivity index (χ0v) is 20.1. The number of carbonyl (C=O) groups is 2. The smallest absolute Gasteiger partial charge is 0.258 e. The number of amides is 2. The number of hydrogen-bond donors (Lipinski definition) is 2. The van der Waals surface area contributed by atoms with Crippen molar-refractivity contribution in [2.75, 3.05) is 35.0 Å². The van der Waals surface area contributed by atoms with E-state index in [1.807, 2.05) is 20.8 Å². The summed E-state index contributed by atoms with van der Waals surface area (Å²) in [5.41, 5.74) is 1.16. The lowest BCUT2D eigenvalue weighted by Gasteiger charge is -2.19. The Kier molecular flexibility index (Phi) is 9.20. The van der Waals surface area contributed by atoms with Crippen LogP contribution in [0.15, 0.2) is 30.3 Å². The van der Waals surface area contributed by atoms with Crippen LogP contribution in [-0.2, 0) is 4.79 Å². The molecule has 1 atom stereocenters. The van der Waals surface area contributed by atoms with Crippen molar-refractivity contribution in [2.45, 2.75) is 32.9 Å². The van der Waals surface area contributed by atoms with Crippen LogP contribution in [0, 0.1) is 0 Å². The van der Waals surface area contributed by atoms with Crippen molar-refractivity contribution in [3.05, 3.63) is 41.5 Å². The van der Waals surface area contributed by atoms with Crippen LogP contribution >= 0.6 is 0 Å². The molecule has 0 saturated heterocycles. The van der Waals surface area contributed by atoms with Crippen molar-refractivity contribution in [1.82, 2.24) is 10.6 Å². The molecule has 0 bridgehead atoms. The highest BCUT2D eigenvalue weighted by Gasteiger charge is 2.19. The van der Waals surface area contributed by atoms with Crippen molar-refractivity contribution >= 4 is 11.8 Å². The average molecular weight is 461 g/mol. The molecule has 9 nitrogen and oxygen atoms in total. The summed E-state index contributed by atoms with van der Waals surface area (Å²) in [5, 5.41) is 5.69. The van der Waals surface area contributed by atoms with E-state index in [2.05, 4.69) is 10.6 Å². The Morgan fingerprint density at radius 3 is 1.91 bits per heavy atom. The van der Waals surface area contributed by atoms with Crippen molar-refractivity contribution in [3.8, 4) is 28.7 Å². The normalized spacial score (nSPS) is 11.4. The summed E-state index contributed by atoms with van der Waals surface area (Å²) in [6.45, 7) is 5.43. The molecule has 0 heterocycles. The van der Waals surface area contributed by atoms with Crippen LogP contribution in [0.1, 0.15) is 42.7 Å².